The van der Waals surface area contributed by atoms with Crippen molar-refractivity contribution >= 4 is 38.4 Å². The minimum absolute atomic E-state index is 0.105. The van der Waals surface area contributed by atoms with E-state index < -0.39 is 11.7 Å². The van der Waals surface area contributed by atoms with Crippen molar-refractivity contribution in [2.75, 3.05) is 0 Å². The summed E-state index contributed by atoms with van der Waals surface area (Å²) in [5.41, 5.74) is -0.867. The molecule has 2 rings (SSSR count). The molecule has 6 heteroatoms. The van der Waals surface area contributed by atoms with Crippen molar-refractivity contribution < 1.29 is 13.2 Å². The molecule has 16 heavy (non-hydrogen) atoms. The lowest BCUT2D eigenvalue weighted by atomic mass is 10.1. The molecule has 0 amide bonds. The zero-order valence-electron chi connectivity index (χ0n) is 7.65. The minimum atomic E-state index is -4.42. The molecule has 0 unspecified atom stereocenters. The average Bonchev–Trinajstić information content (AvgIpc) is 2.21. The highest BCUT2D eigenvalue weighted by Gasteiger charge is 2.33. The van der Waals surface area contributed by atoms with E-state index in [1.54, 1.807) is 0 Å². The fraction of sp³-hybridized carbons (Fsp3) is 0.100. The first-order chi connectivity index (χ1) is 7.41. The van der Waals surface area contributed by atoms with Crippen LogP contribution in [-0.4, -0.2) is 4.98 Å². The van der Waals surface area contributed by atoms with Crippen molar-refractivity contribution in [3.05, 3.63) is 39.5 Å². The molecule has 84 valence electrons. The number of aromatic nitrogens is 1. The molecule has 1 heterocycles. The van der Waals surface area contributed by atoms with E-state index in [1.807, 2.05) is 0 Å². The quantitative estimate of drug-likeness (QED) is 0.689. The van der Waals surface area contributed by atoms with Gasteiger partial charge >= 0.3 is 6.18 Å². The van der Waals surface area contributed by atoms with Crippen LogP contribution in [0.1, 0.15) is 5.56 Å². The lowest BCUT2D eigenvalue weighted by molar-refractivity contribution is -0.136. The van der Waals surface area contributed by atoms with Crippen LogP contribution in [0.2, 0.25) is 5.02 Å². The number of hydrogen-bond acceptors (Lipinski definition) is 1. The van der Waals surface area contributed by atoms with Crippen molar-refractivity contribution in [2.24, 2.45) is 0 Å². The second-order valence-electron chi connectivity index (χ2n) is 3.12. The lowest BCUT2D eigenvalue weighted by Crippen LogP contribution is -2.06. The van der Waals surface area contributed by atoms with Crippen molar-refractivity contribution in [2.45, 2.75) is 6.18 Å². The Bertz CT molecular complexity index is 553. The molecule has 0 atom stereocenters. The van der Waals surface area contributed by atoms with Crippen LogP contribution in [0.15, 0.2) is 28.9 Å². The van der Waals surface area contributed by atoms with Crippen LogP contribution in [0, 0.1) is 0 Å². The predicted molar refractivity (Wildman–Crippen MR) is 59.5 cm³/mol. The number of hydrogen-bond donors (Lipinski definition) is 0. The molecule has 0 bridgehead atoms. The number of pyridine rings is 1. The first-order valence-electron chi connectivity index (χ1n) is 4.21. The summed E-state index contributed by atoms with van der Waals surface area (Å²) in [7, 11) is 0. The third-order valence-electron chi connectivity index (χ3n) is 2.09. The van der Waals surface area contributed by atoms with Crippen LogP contribution in [0.25, 0.3) is 10.9 Å². The van der Waals surface area contributed by atoms with Gasteiger partial charge in [-0.15, -0.1) is 0 Å². The molecule has 1 aromatic heterocycles. The standard InChI is InChI=1S/C10H4BrClF3N/c11-8-5-2-1-3-6(10(13,14)15)9(5)16-4-7(8)12/h1-4H. The maximum Gasteiger partial charge on any atom is 0.418 e. The van der Waals surface area contributed by atoms with Crippen LogP contribution in [0.5, 0.6) is 0 Å². The Morgan fingerprint density at radius 2 is 1.94 bits per heavy atom. The van der Waals surface area contributed by atoms with Crippen LogP contribution in [0.4, 0.5) is 13.2 Å². The van der Waals surface area contributed by atoms with E-state index in [2.05, 4.69) is 20.9 Å². The largest absolute Gasteiger partial charge is 0.418 e. The molecule has 0 aliphatic heterocycles. The van der Waals surface area contributed by atoms with E-state index >= 15 is 0 Å². The number of rotatable bonds is 0. The fourth-order valence-corrected chi connectivity index (χ4v) is 1.97. The van der Waals surface area contributed by atoms with Gasteiger partial charge < -0.3 is 0 Å². The Hall–Kier alpha value is -0.810. The van der Waals surface area contributed by atoms with Gasteiger partial charge in [-0.2, -0.15) is 13.2 Å². The number of fused-ring (bicyclic) bond motifs is 1. The topological polar surface area (TPSA) is 12.9 Å². The monoisotopic (exact) mass is 309 g/mol. The van der Waals surface area contributed by atoms with Crippen molar-refractivity contribution in [1.82, 2.24) is 4.98 Å². The van der Waals surface area contributed by atoms with Gasteiger partial charge in [-0.05, 0) is 22.0 Å². The molecule has 0 aliphatic rings. The van der Waals surface area contributed by atoms with Crippen LogP contribution < -0.4 is 0 Å². The summed E-state index contributed by atoms with van der Waals surface area (Å²) < 4.78 is 38.4. The Morgan fingerprint density at radius 1 is 1.25 bits per heavy atom. The molecular formula is C10H4BrClF3N. The molecule has 0 spiro atoms. The van der Waals surface area contributed by atoms with Crippen LogP contribution >= 0.6 is 27.5 Å². The Balaban J connectivity index is 2.85. The average molecular weight is 310 g/mol. The molecule has 0 saturated carbocycles. The van der Waals surface area contributed by atoms with Crippen LogP contribution in [0.3, 0.4) is 0 Å². The van der Waals surface area contributed by atoms with Gasteiger partial charge in [0.15, 0.2) is 0 Å². The van der Waals surface area contributed by atoms with E-state index in [-0.39, 0.29) is 10.5 Å². The highest BCUT2D eigenvalue weighted by molar-refractivity contribution is 9.10. The third kappa shape index (κ3) is 1.89. The van der Waals surface area contributed by atoms with Gasteiger partial charge in [-0.3, -0.25) is 4.98 Å². The number of nitrogens with zero attached hydrogens (tertiary/aromatic N) is 1. The van der Waals surface area contributed by atoms with Gasteiger partial charge in [0.1, 0.15) is 0 Å². The van der Waals surface area contributed by atoms with E-state index in [9.17, 15) is 13.2 Å². The van der Waals surface area contributed by atoms with Gasteiger partial charge in [0, 0.05) is 16.1 Å². The van der Waals surface area contributed by atoms with E-state index in [1.165, 1.54) is 18.3 Å². The van der Waals surface area contributed by atoms with Gasteiger partial charge in [0.25, 0.3) is 0 Å². The number of para-hydroxylation sites is 1. The second kappa shape index (κ2) is 3.89. The molecule has 2 aromatic rings. The highest BCUT2D eigenvalue weighted by atomic mass is 79.9. The maximum absolute atomic E-state index is 12.7. The van der Waals surface area contributed by atoms with Crippen molar-refractivity contribution in [3.63, 3.8) is 0 Å². The Kier molecular flexibility index (Phi) is 2.84. The first-order valence-corrected chi connectivity index (χ1v) is 5.38. The molecule has 0 saturated heterocycles. The second-order valence-corrected chi connectivity index (χ2v) is 4.32. The Morgan fingerprint density at radius 3 is 2.56 bits per heavy atom. The van der Waals surface area contributed by atoms with Crippen LogP contribution in [-0.2, 0) is 6.18 Å². The fourth-order valence-electron chi connectivity index (χ4n) is 1.40. The van der Waals surface area contributed by atoms with Crippen molar-refractivity contribution in [1.29, 1.82) is 0 Å². The first kappa shape index (κ1) is 11.7. The van der Waals surface area contributed by atoms with Crippen molar-refractivity contribution in [3.8, 4) is 0 Å². The predicted octanol–water partition coefficient (Wildman–Crippen LogP) is 4.67. The summed E-state index contributed by atoms with van der Waals surface area (Å²) in [5, 5.41) is 0.633. The number of benzene rings is 1. The summed E-state index contributed by atoms with van der Waals surface area (Å²) in [6, 6.07) is 3.86. The summed E-state index contributed by atoms with van der Waals surface area (Å²) in [6.45, 7) is 0. The van der Waals surface area contributed by atoms with Gasteiger partial charge in [-0.1, -0.05) is 23.7 Å². The number of alkyl halides is 3. The molecule has 0 radical (unpaired) electrons. The van der Waals surface area contributed by atoms with Gasteiger partial charge in [-0.25, -0.2) is 0 Å². The number of halogens is 5. The summed E-state index contributed by atoms with van der Waals surface area (Å²) >= 11 is 8.91. The molecular weight excluding hydrogens is 306 g/mol. The molecule has 0 N–H and O–H groups in total. The zero-order chi connectivity index (χ0) is 11.9. The summed E-state index contributed by atoms with van der Waals surface area (Å²) in [5.74, 6) is 0. The molecule has 0 aliphatic carbocycles. The third-order valence-corrected chi connectivity index (χ3v) is 3.46. The van der Waals surface area contributed by atoms with E-state index in [4.69, 9.17) is 11.6 Å². The Labute approximate surface area is 102 Å². The molecule has 1 nitrogen and oxygen atoms in total. The molecule has 1 aromatic carbocycles. The van der Waals surface area contributed by atoms with Gasteiger partial charge in [0.2, 0.25) is 0 Å². The zero-order valence-corrected chi connectivity index (χ0v) is 9.99. The normalized spacial score (nSPS) is 12.1. The smallest absolute Gasteiger partial charge is 0.254 e. The minimum Gasteiger partial charge on any atom is -0.254 e. The maximum atomic E-state index is 12.7. The summed E-state index contributed by atoms with van der Waals surface area (Å²) in [4.78, 5) is 3.73. The summed E-state index contributed by atoms with van der Waals surface area (Å²) in [6.07, 6.45) is -3.22. The highest BCUT2D eigenvalue weighted by Crippen LogP contribution is 2.37. The van der Waals surface area contributed by atoms with Gasteiger partial charge in [0.05, 0.1) is 16.1 Å². The molecule has 0 fully saturated rings. The van der Waals surface area contributed by atoms with E-state index in [0.29, 0.717) is 9.86 Å². The lowest BCUT2D eigenvalue weighted by Gasteiger charge is -2.10. The SMILES string of the molecule is FC(F)(F)c1cccc2c(Br)c(Cl)cnc12. The van der Waals surface area contributed by atoms with E-state index in [0.717, 1.165) is 6.07 Å².